The van der Waals surface area contributed by atoms with Crippen molar-refractivity contribution < 1.29 is 4.79 Å². The summed E-state index contributed by atoms with van der Waals surface area (Å²) in [7, 11) is 0. The summed E-state index contributed by atoms with van der Waals surface area (Å²) in [6, 6.07) is 9.03. The second-order valence-corrected chi connectivity index (χ2v) is 7.19. The van der Waals surface area contributed by atoms with E-state index in [9.17, 15) is 4.79 Å². The van der Waals surface area contributed by atoms with Crippen molar-refractivity contribution in [3.8, 4) is 0 Å². The van der Waals surface area contributed by atoms with Crippen molar-refractivity contribution in [3.63, 3.8) is 0 Å². The molecule has 0 aliphatic carbocycles. The van der Waals surface area contributed by atoms with E-state index in [2.05, 4.69) is 57.9 Å². The molecule has 1 aliphatic rings. The van der Waals surface area contributed by atoms with Crippen LogP contribution in [0.2, 0.25) is 0 Å². The van der Waals surface area contributed by atoms with E-state index >= 15 is 0 Å². The predicted octanol–water partition coefficient (Wildman–Crippen LogP) is 3.23. The Balaban J connectivity index is 1.72. The highest BCUT2D eigenvalue weighted by Gasteiger charge is 2.24. The number of likely N-dealkylation sites (tertiary alicyclic amines) is 1. The fourth-order valence-corrected chi connectivity index (χ4v) is 3.59. The summed E-state index contributed by atoms with van der Waals surface area (Å²) in [5.74, 6) is 0.382. The quantitative estimate of drug-likeness (QED) is 0.874. The van der Waals surface area contributed by atoms with E-state index in [0.717, 1.165) is 13.1 Å². The molecule has 2 aromatic rings. The molecule has 0 spiro atoms. The van der Waals surface area contributed by atoms with Crippen LogP contribution in [0, 0.1) is 0 Å². The minimum absolute atomic E-state index is 0.147. The molecule has 1 atom stereocenters. The lowest BCUT2D eigenvalue weighted by molar-refractivity contribution is 0.0933. The number of nitrogens with zero attached hydrogens (tertiary/aromatic N) is 3. The van der Waals surface area contributed by atoms with Crippen LogP contribution >= 0.6 is 11.5 Å². The minimum atomic E-state index is -0.147. The van der Waals surface area contributed by atoms with Gasteiger partial charge in [-0.05, 0) is 54.5 Å². The molecule has 2 heterocycles. The molecule has 0 radical (unpaired) electrons. The Morgan fingerprint density at radius 2 is 1.88 bits per heavy atom. The van der Waals surface area contributed by atoms with Crippen LogP contribution in [0.5, 0.6) is 0 Å². The highest BCUT2D eigenvalue weighted by Crippen LogP contribution is 2.26. The third-order valence-corrected chi connectivity index (χ3v) is 5.12. The average Bonchev–Trinajstić information content (AvgIpc) is 3.29. The molecular formula is C18H24N4OS. The van der Waals surface area contributed by atoms with Crippen LogP contribution in [0.1, 0.15) is 60.3 Å². The smallest absolute Gasteiger partial charge is 0.272 e. The Morgan fingerprint density at radius 3 is 2.46 bits per heavy atom. The van der Waals surface area contributed by atoms with Crippen molar-refractivity contribution in [3.05, 3.63) is 46.5 Å². The Bertz CT molecular complexity index is 648. The molecule has 1 aliphatic heterocycles. The standard InChI is InChI=1S/C18H24N4OS/c1-13(2)14-5-7-15(8-6-14)17(22-9-3-4-10-22)11-19-18(23)16-12-24-21-20-16/h5-8,12-13,17H,3-4,9-11H2,1-2H3,(H,19,23)/t17-/m0/s1. The summed E-state index contributed by atoms with van der Waals surface area (Å²) >= 11 is 1.20. The molecule has 5 nitrogen and oxygen atoms in total. The van der Waals surface area contributed by atoms with Gasteiger partial charge < -0.3 is 5.32 Å². The van der Waals surface area contributed by atoms with Crippen molar-refractivity contribution in [2.45, 2.75) is 38.6 Å². The SMILES string of the molecule is CC(C)c1ccc([C@H](CNC(=O)c2csnn2)N2CCCC2)cc1. The molecular weight excluding hydrogens is 320 g/mol. The maximum absolute atomic E-state index is 12.2. The summed E-state index contributed by atoms with van der Waals surface area (Å²) < 4.78 is 3.75. The minimum Gasteiger partial charge on any atom is -0.349 e. The number of aromatic nitrogens is 2. The molecule has 1 saturated heterocycles. The zero-order chi connectivity index (χ0) is 16.9. The Morgan fingerprint density at radius 1 is 1.21 bits per heavy atom. The number of hydrogen-bond donors (Lipinski definition) is 1. The van der Waals surface area contributed by atoms with E-state index in [1.165, 1.54) is 35.5 Å². The molecule has 0 saturated carbocycles. The van der Waals surface area contributed by atoms with Crippen molar-refractivity contribution in [1.29, 1.82) is 0 Å². The lowest BCUT2D eigenvalue weighted by Gasteiger charge is -2.28. The number of benzene rings is 1. The van der Waals surface area contributed by atoms with Crippen LogP contribution < -0.4 is 5.32 Å². The first kappa shape index (κ1) is 17.0. The molecule has 3 rings (SSSR count). The maximum Gasteiger partial charge on any atom is 0.272 e. The highest BCUT2D eigenvalue weighted by atomic mass is 32.1. The van der Waals surface area contributed by atoms with E-state index in [0.29, 0.717) is 18.2 Å². The number of nitrogens with one attached hydrogen (secondary N) is 1. The first-order chi connectivity index (χ1) is 11.6. The van der Waals surface area contributed by atoms with Crippen molar-refractivity contribution >= 4 is 17.4 Å². The normalized spacial score (nSPS) is 16.5. The van der Waals surface area contributed by atoms with Gasteiger partial charge >= 0.3 is 0 Å². The molecule has 128 valence electrons. The molecule has 1 fully saturated rings. The third-order valence-electron chi connectivity index (χ3n) is 4.62. The summed E-state index contributed by atoms with van der Waals surface area (Å²) in [5, 5.41) is 8.54. The van der Waals surface area contributed by atoms with Gasteiger partial charge in [-0.2, -0.15) is 0 Å². The van der Waals surface area contributed by atoms with Gasteiger partial charge in [0.25, 0.3) is 5.91 Å². The molecule has 6 heteroatoms. The monoisotopic (exact) mass is 344 g/mol. The van der Waals surface area contributed by atoms with E-state index < -0.39 is 0 Å². The number of hydrogen-bond acceptors (Lipinski definition) is 5. The van der Waals surface area contributed by atoms with E-state index in [1.54, 1.807) is 5.38 Å². The van der Waals surface area contributed by atoms with Gasteiger partial charge in [0, 0.05) is 11.9 Å². The first-order valence-corrected chi connectivity index (χ1v) is 9.38. The predicted molar refractivity (Wildman–Crippen MR) is 96.3 cm³/mol. The van der Waals surface area contributed by atoms with Gasteiger partial charge in [0.1, 0.15) is 0 Å². The van der Waals surface area contributed by atoms with Crippen LogP contribution in [0.3, 0.4) is 0 Å². The lowest BCUT2D eigenvalue weighted by Crippen LogP contribution is -2.37. The maximum atomic E-state index is 12.2. The van der Waals surface area contributed by atoms with Crippen molar-refractivity contribution in [1.82, 2.24) is 19.8 Å². The van der Waals surface area contributed by atoms with Gasteiger partial charge in [-0.25, -0.2) is 0 Å². The van der Waals surface area contributed by atoms with E-state index in [1.807, 2.05) is 0 Å². The van der Waals surface area contributed by atoms with Crippen LogP contribution in [-0.2, 0) is 0 Å². The third kappa shape index (κ3) is 3.99. The number of carbonyl (C=O) groups excluding carboxylic acids is 1. The van der Waals surface area contributed by atoms with Gasteiger partial charge in [0.05, 0.1) is 6.04 Å². The Hall–Kier alpha value is -1.79. The van der Waals surface area contributed by atoms with Gasteiger partial charge in [-0.1, -0.05) is 42.6 Å². The summed E-state index contributed by atoms with van der Waals surface area (Å²) in [6.45, 7) is 7.18. The zero-order valence-electron chi connectivity index (χ0n) is 14.2. The molecule has 24 heavy (non-hydrogen) atoms. The van der Waals surface area contributed by atoms with Crippen molar-refractivity contribution in [2.24, 2.45) is 0 Å². The molecule has 1 amide bonds. The van der Waals surface area contributed by atoms with Gasteiger partial charge in [0.2, 0.25) is 0 Å². The van der Waals surface area contributed by atoms with E-state index in [4.69, 9.17) is 0 Å². The van der Waals surface area contributed by atoms with Gasteiger partial charge in [-0.15, -0.1) is 5.10 Å². The van der Waals surface area contributed by atoms with Crippen LogP contribution in [0.15, 0.2) is 29.6 Å². The summed E-state index contributed by atoms with van der Waals surface area (Å²) in [4.78, 5) is 14.6. The zero-order valence-corrected chi connectivity index (χ0v) is 15.1. The first-order valence-electron chi connectivity index (χ1n) is 8.54. The molecule has 0 unspecified atom stereocenters. The molecule has 1 N–H and O–H groups in total. The van der Waals surface area contributed by atoms with Crippen molar-refractivity contribution in [2.75, 3.05) is 19.6 Å². The number of amides is 1. The Labute approximate surface area is 147 Å². The summed E-state index contributed by atoms with van der Waals surface area (Å²) in [5.41, 5.74) is 3.00. The topological polar surface area (TPSA) is 58.1 Å². The van der Waals surface area contributed by atoms with E-state index in [-0.39, 0.29) is 11.9 Å². The van der Waals surface area contributed by atoms with Crippen LogP contribution in [0.25, 0.3) is 0 Å². The van der Waals surface area contributed by atoms with Crippen LogP contribution in [-0.4, -0.2) is 40.0 Å². The summed E-state index contributed by atoms with van der Waals surface area (Å²) in [6.07, 6.45) is 2.45. The second kappa shape index (κ2) is 7.85. The average molecular weight is 344 g/mol. The lowest BCUT2D eigenvalue weighted by atomic mass is 9.98. The molecule has 0 bridgehead atoms. The molecule has 1 aromatic carbocycles. The number of carbonyl (C=O) groups is 1. The second-order valence-electron chi connectivity index (χ2n) is 6.58. The Kier molecular flexibility index (Phi) is 5.58. The fraction of sp³-hybridized carbons (Fsp3) is 0.500. The van der Waals surface area contributed by atoms with Crippen LogP contribution in [0.4, 0.5) is 0 Å². The highest BCUT2D eigenvalue weighted by molar-refractivity contribution is 7.03. The van der Waals surface area contributed by atoms with Gasteiger partial charge in [-0.3, -0.25) is 9.69 Å². The fourth-order valence-electron chi connectivity index (χ4n) is 3.16. The largest absolute Gasteiger partial charge is 0.349 e. The van der Waals surface area contributed by atoms with Gasteiger partial charge in [0.15, 0.2) is 5.69 Å². The number of rotatable bonds is 6. The molecule has 1 aromatic heterocycles.